The van der Waals surface area contributed by atoms with E-state index in [0.717, 1.165) is 18.0 Å². The zero-order valence-electron chi connectivity index (χ0n) is 10.3. The average molecular weight is 210 g/mol. The summed E-state index contributed by atoms with van der Waals surface area (Å²) >= 11 is 0. The molecule has 2 rings (SSSR count). The van der Waals surface area contributed by atoms with Gasteiger partial charge in [0, 0.05) is 12.1 Å². The SMILES string of the molecule is CC1CCC(NC2CCCN(C)CC2)C1. The van der Waals surface area contributed by atoms with Crippen molar-refractivity contribution in [3.63, 3.8) is 0 Å². The summed E-state index contributed by atoms with van der Waals surface area (Å²) in [5.74, 6) is 0.955. The van der Waals surface area contributed by atoms with Crippen LogP contribution in [0, 0.1) is 5.92 Å². The first kappa shape index (κ1) is 11.4. The second-order valence-corrected chi connectivity index (χ2v) is 5.71. The van der Waals surface area contributed by atoms with E-state index in [4.69, 9.17) is 0 Å². The van der Waals surface area contributed by atoms with Gasteiger partial charge in [-0.2, -0.15) is 0 Å². The number of hydrogen-bond acceptors (Lipinski definition) is 2. The molecule has 0 aromatic carbocycles. The maximum absolute atomic E-state index is 3.88. The summed E-state index contributed by atoms with van der Waals surface area (Å²) in [4.78, 5) is 2.47. The molecule has 0 bridgehead atoms. The first-order valence-corrected chi connectivity index (χ1v) is 6.68. The van der Waals surface area contributed by atoms with Gasteiger partial charge in [-0.15, -0.1) is 0 Å². The van der Waals surface area contributed by atoms with Crippen LogP contribution in [0.15, 0.2) is 0 Å². The van der Waals surface area contributed by atoms with Crippen molar-refractivity contribution in [1.82, 2.24) is 10.2 Å². The lowest BCUT2D eigenvalue weighted by molar-refractivity contribution is 0.337. The number of hydrogen-bond donors (Lipinski definition) is 1. The first-order chi connectivity index (χ1) is 7.24. The molecule has 1 saturated heterocycles. The topological polar surface area (TPSA) is 15.3 Å². The van der Waals surface area contributed by atoms with E-state index in [2.05, 4.69) is 24.2 Å². The summed E-state index contributed by atoms with van der Waals surface area (Å²) < 4.78 is 0. The van der Waals surface area contributed by atoms with E-state index in [1.807, 2.05) is 0 Å². The molecular formula is C13H26N2. The molecule has 1 saturated carbocycles. The summed E-state index contributed by atoms with van der Waals surface area (Å²) in [7, 11) is 2.25. The molecule has 0 spiro atoms. The Kier molecular flexibility index (Phi) is 4.04. The Bertz CT molecular complexity index is 193. The molecule has 1 N–H and O–H groups in total. The minimum atomic E-state index is 0.797. The number of likely N-dealkylation sites (tertiary alicyclic amines) is 1. The highest BCUT2D eigenvalue weighted by Gasteiger charge is 2.24. The van der Waals surface area contributed by atoms with Crippen LogP contribution in [-0.2, 0) is 0 Å². The third-order valence-electron chi connectivity index (χ3n) is 4.12. The normalized spacial score (nSPS) is 39.2. The minimum Gasteiger partial charge on any atom is -0.311 e. The molecule has 15 heavy (non-hydrogen) atoms. The number of nitrogens with zero attached hydrogens (tertiary/aromatic N) is 1. The van der Waals surface area contributed by atoms with Crippen LogP contribution in [0.5, 0.6) is 0 Å². The Morgan fingerprint density at radius 2 is 1.87 bits per heavy atom. The van der Waals surface area contributed by atoms with Crippen molar-refractivity contribution in [2.24, 2.45) is 5.92 Å². The lowest BCUT2D eigenvalue weighted by Gasteiger charge is -2.21. The van der Waals surface area contributed by atoms with Crippen LogP contribution >= 0.6 is 0 Å². The minimum absolute atomic E-state index is 0.797. The van der Waals surface area contributed by atoms with Crippen molar-refractivity contribution in [3.05, 3.63) is 0 Å². The first-order valence-electron chi connectivity index (χ1n) is 6.68. The molecule has 2 nitrogen and oxygen atoms in total. The Morgan fingerprint density at radius 3 is 2.60 bits per heavy atom. The third-order valence-corrected chi connectivity index (χ3v) is 4.12. The second-order valence-electron chi connectivity index (χ2n) is 5.71. The molecule has 0 amide bonds. The van der Waals surface area contributed by atoms with Gasteiger partial charge in [0.15, 0.2) is 0 Å². The molecule has 2 fully saturated rings. The average Bonchev–Trinajstić information content (AvgIpc) is 2.48. The van der Waals surface area contributed by atoms with Crippen LogP contribution in [0.2, 0.25) is 0 Å². The van der Waals surface area contributed by atoms with E-state index in [9.17, 15) is 0 Å². The molecule has 0 aromatic heterocycles. The van der Waals surface area contributed by atoms with Gasteiger partial charge in [0.2, 0.25) is 0 Å². The monoisotopic (exact) mass is 210 g/mol. The van der Waals surface area contributed by atoms with Crippen molar-refractivity contribution < 1.29 is 0 Å². The molecular weight excluding hydrogens is 184 g/mol. The van der Waals surface area contributed by atoms with E-state index in [0.29, 0.717) is 0 Å². The fourth-order valence-corrected chi connectivity index (χ4v) is 3.10. The van der Waals surface area contributed by atoms with Gasteiger partial charge in [-0.05, 0) is 64.6 Å². The van der Waals surface area contributed by atoms with Crippen molar-refractivity contribution in [1.29, 1.82) is 0 Å². The molecule has 2 heteroatoms. The second kappa shape index (κ2) is 5.31. The van der Waals surface area contributed by atoms with Gasteiger partial charge >= 0.3 is 0 Å². The van der Waals surface area contributed by atoms with Crippen molar-refractivity contribution in [2.45, 2.75) is 57.5 Å². The van der Waals surface area contributed by atoms with Crippen molar-refractivity contribution in [3.8, 4) is 0 Å². The highest BCUT2D eigenvalue weighted by Crippen LogP contribution is 2.25. The maximum Gasteiger partial charge on any atom is 0.00823 e. The fourth-order valence-electron chi connectivity index (χ4n) is 3.10. The van der Waals surface area contributed by atoms with Gasteiger partial charge in [-0.3, -0.25) is 0 Å². The maximum atomic E-state index is 3.88. The largest absolute Gasteiger partial charge is 0.311 e. The van der Waals surface area contributed by atoms with E-state index in [-0.39, 0.29) is 0 Å². The summed E-state index contributed by atoms with van der Waals surface area (Å²) in [5, 5.41) is 3.88. The molecule has 1 heterocycles. The summed E-state index contributed by atoms with van der Waals surface area (Å²) in [6, 6.07) is 1.62. The van der Waals surface area contributed by atoms with Crippen molar-refractivity contribution in [2.75, 3.05) is 20.1 Å². The van der Waals surface area contributed by atoms with Gasteiger partial charge in [-0.25, -0.2) is 0 Å². The molecule has 1 aliphatic heterocycles. The molecule has 3 atom stereocenters. The summed E-state index contributed by atoms with van der Waals surface area (Å²) in [5.41, 5.74) is 0. The Labute approximate surface area is 94.4 Å². The van der Waals surface area contributed by atoms with Crippen LogP contribution in [0.25, 0.3) is 0 Å². The Balaban J connectivity index is 1.74. The van der Waals surface area contributed by atoms with Crippen LogP contribution in [0.1, 0.15) is 45.4 Å². The zero-order valence-corrected chi connectivity index (χ0v) is 10.3. The smallest absolute Gasteiger partial charge is 0.00823 e. The van der Waals surface area contributed by atoms with Gasteiger partial charge in [0.05, 0.1) is 0 Å². The standard InChI is InChI=1S/C13H26N2/c1-11-5-6-13(10-11)14-12-4-3-8-15(2)9-7-12/h11-14H,3-10H2,1-2H3. The molecule has 3 unspecified atom stereocenters. The molecule has 0 aromatic rings. The number of rotatable bonds is 2. The Hall–Kier alpha value is -0.0800. The lowest BCUT2D eigenvalue weighted by atomic mass is 10.1. The van der Waals surface area contributed by atoms with Gasteiger partial charge in [0.25, 0.3) is 0 Å². The summed E-state index contributed by atoms with van der Waals surface area (Å²) in [6.07, 6.45) is 8.36. The van der Waals surface area contributed by atoms with Crippen LogP contribution in [0.4, 0.5) is 0 Å². The van der Waals surface area contributed by atoms with E-state index < -0.39 is 0 Å². The predicted molar refractivity (Wildman–Crippen MR) is 65.1 cm³/mol. The predicted octanol–water partition coefficient (Wildman–Crippen LogP) is 2.25. The third kappa shape index (κ3) is 3.46. The number of nitrogens with one attached hydrogen (secondary N) is 1. The molecule has 1 aliphatic carbocycles. The van der Waals surface area contributed by atoms with E-state index in [1.54, 1.807) is 0 Å². The Morgan fingerprint density at radius 1 is 1.00 bits per heavy atom. The van der Waals surface area contributed by atoms with Crippen LogP contribution < -0.4 is 5.32 Å². The summed E-state index contributed by atoms with van der Waals surface area (Å²) in [6.45, 7) is 4.96. The van der Waals surface area contributed by atoms with E-state index in [1.165, 1.54) is 51.6 Å². The molecule has 0 radical (unpaired) electrons. The van der Waals surface area contributed by atoms with Gasteiger partial charge < -0.3 is 10.2 Å². The quantitative estimate of drug-likeness (QED) is 0.752. The van der Waals surface area contributed by atoms with Gasteiger partial charge in [0.1, 0.15) is 0 Å². The molecule has 2 aliphatic rings. The highest BCUT2D eigenvalue weighted by atomic mass is 15.1. The fraction of sp³-hybridized carbons (Fsp3) is 1.00. The van der Waals surface area contributed by atoms with Crippen LogP contribution in [-0.4, -0.2) is 37.1 Å². The van der Waals surface area contributed by atoms with E-state index >= 15 is 0 Å². The molecule has 88 valence electrons. The zero-order chi connectivity index (χ0) is 10.7. The van der Waals surface area contributed by atoms with Crippen LogP contribution in [0.3, 0.4) is 0 Å². The van der Waals surface area contributed by atoms with Crippen molar-refractivity contribution >= 4 is 0 Å². The highest BCUT2D eigenvalue weighted by molar-refractivity contribution is 4.83. The van der Waals surface area contributed by atoms with Gasteiger partial charge in [-0.1, -0.05) is 6.92 Å². The lowest BCUT2D eigenvalue weighted by Crippen LogP contribution is -2.37.